The van der Waals surface area contributed by atoms with Gasteiger partial charge in [0.2, 0.25) is 5.91 Å². The Balaban J connectivity index is 1.36. The van der Waals surface area contributed by atoms with Crippen molar-refractivity contribution in [3.8, 4) is 5.75 Å². The number of fused-ring (bicyclic) bond motifs is 1. The number of rotatable bonds is 7. The van der Waals surface area contributed by atoms with Crippen molar-refractivity contribution in [1.82, 2.24) is 9.55 Å². The lowest BCUT2D eigenvalue weighted by atomic mass is 10.1. The molecular formula is C27H26FN3O2. The number of carbonyl (C=O) groups excluding carboxylic acids is 1. The SMILES string of the molecule is Cc1ccccc1OCCCn1c(C2CC(=O)N(c3cccc(F)c3)C2)nc2ccccc21. The van der Waals surface area contributed by atoms with Gasteiger partial charge in [0.1, 0.15) is 17.4 Å². The molecule has 3 aromatic carbocycles. The summed E-state index contributed by atoms with van der Waals surface area (Å²) in [6, 6.07) is 22.3. The fraction of sp³-hybridized carbons (Fsp3) is 0.259. The second kappa shape index (κ2) is 9.06. The average molecular weight is 444 g/mol. The molecule has 1 fully saturated rings. The summed E-state index contributed by atoms with van der Waals surface area (Å²) in [7, 11) is 0. The van der Waals surface area contributed by atoms with Crippen LogP contribution >= 0.6 is 0 Å². The van der Waals surface area contributed by atoms with E-state index in [4.69, 9.17) is 9.72 Å². The van der Waals surface area contributed by atoms with Crippen LogP contribution in [0, 0.1) is 12.7 Å². The second-order valence-corrected chi connectivity index (χ2v) is 8.46. The summed E-state index contributed by atoms with van der Waals surface area (Å²) in [5.41, 5.74) is 3.69. The van der Waals surface area contributed by atoms with Crippen LogP contribution in [0.5, 0.6) is 5.75 Å². The molecule has 1 amide bonds. The monoisotopic (exact) mass is 443 g/mol. The van der Waals surface area contributed by atoms with Crippen LogP contribution in [0.4, 0.5) is 10.1 Å². The Morgan fingerprint density at radius 1 is 1.06 bits per heavy atom. The third-order valence-electron chi connectivity index (χ3n) is 6.17. The van der Waals surface area contributed by atoms with Crippen LogP contribution in [-0.4, -0.2) is 28.6 Å². The minimum Gasteiger partial charge on any atom is -0.493 e. The molecule has 1 unspecified atom stereocenters. The van der Waals surface area contributed by atoms with E-state index in [9.17, 15) is 9.18 Å². The maximum atomic E-state index is 13.7. The molecule has 0 radical (unpaired) electrons. The first-order valence-corrected chi connectivity index (χ1v) is 11.3. The molecular weight excluding hydrogens is 417 g/mol. The van der Waals surface area contributed by atoms with E-state index < -0.39 is 0 Å². The van der Waals surface area contributed by atoms with Gasteiger partial charge in [0, 0.05) is 31.1 Å². The molecule has 5 nitrogen and oxygen atoms in total. The van der Waals surface area contributed by atoms with Gasteiger partial charge in [-0.3, -0.25) is 4.79 Å². The van der Waals surface area contributed by atoms with E-state index in [2.05, 4.69) is 10.6 Å². The second-order valence-electron chi connectivity index (χ2n) is 8.46. The Bertz CT molecular complexity index is 1300. The smallest absolute Gasteiger partial charge is 0.227 e. The lowest BCUT2D eigenvalue weighted by Crippen LogP contribution is -2.24. The van der Waals surface area contributed by atoms with E-state index in [-0.39, 0.29) is 17.6 Å². The number of halogens is 1. The third-order valence-corrected chi connectivity index (χ3v) is 6.17. The van der Waals surface area contributed by atoms with Crippen molar-refractivity contribution in [2.45, 2.75) is 32.2 Å². The van der Waals surface area contributed by atoms with E-state index >= 15 is 0 Å². The number of anilines is 1. The zero-order valence-corrected chi connectivity index (χ0v) is 18.6. The molecule has 0 spiro atoms. The van der Waals surface area contributed by atoms with Gasteiger partial charge < -0.3 is 14.2 Å². The van der Waals surface area contributed by atoms with Crippen LogP contribution < -0.4 is 9.64 Å². The highest BCUT2D eigenvalue weighted by molar-refractivity contribution is 5.96. The number of para-hydroxylation sites is 3. The molecule has 1 atom stereocenters. The quantitative estimate of drug-likeness (QED) is 0.356. The van der Waals surface area contributed by atoms with E-state index in [1.54, 1.807) is 17.0 Å². The van der Waals surface area contributed by atoms with Gasteiger partial charge >= 0.3 is 0 Å². The predicted octanol–water partition coefficient (Wildman–Crippen LogP) is 5.47. The van der Waals surface area contributed by atoms with Crippen LogP contribution in [-0.2, 0) is 11.3 Å². The van der Waals surface area contributed by atoms with Crippen molar-refractivity contribution < 1.29 is 13.9 Å². The fourth-order valence-electron chi connectivity index (χ4n) is 4.54. The number of hydrogen-bond donors (Lipinski definition) is 0. The average Bonchev–Trinajstić information content (AvgIpc) is 3.38. The zero-order chi connectivity index (χ0) is 22.8. The highest BCUT2D eigenvalue weighted by atomic mass is 19.1. The van der Waals surface area contributed by atoms with Gasteiger partial charge in [-0.25, -0.2) is 9.37 Å². The van der Waals surface area contributed by atoms with E-state index in [1.807, 2.05) is 49.4 Å². The molecule has 0 aliphatic carbocycles. The maximum Gasteiger partial charge on any atom is 0.227 e. The largest absolute Gasteiger partial charge is 0.493 e. The number of ether oxygens (including phenoxy) is 1. The number of aryl methyl sites for hydroxylation is 2. The molecule has 1 aliphatic rings. The summed E-state index contributed by atoms with van der Waals surface area (Å²) in [6.07, 6.45) is 1.18. The Kier molecular flexibility index (Phi) is 5.82. The fourth-order valence-corrected chi connectivity index (χ4v) is 4.54. The first kappa shape index (κ1) is 21.2. The standard InChI is InChI=1S/C27H26FN3O2/c1-19-8-2-5-13-25(19)33-15-7-14-30-24-12-4-3-11-23(24)29-27(30)20-16-26(32)31(18-20)22-10-6-9-21(28)17-22/h2-6,8-13,17,20H,7,14-16,18H2,1H3. The number of nitrogens with zero attached hydrogens (tertiary/aromatic N) is 3. The summed E-state index contributed by atoms with van der Waals surface area (Å²) in [5, 5.41) is 0. The summed E-state index contributed by atoms with van der Waals surface area (Å²) in [4.78, 5) is 19.4. The van der Waals surface area contributed by atoms with Crippen molar-refractivity contribution >= 4 is 22.6 Å². The van der Waals surface area contributed by atoms with Gasteiger partial charge in [0.15, 0.2) is 0 Å². The molecule has 5 rings (SSSR count). The highest BCUT2D eigenvalue weighted by Crippen LogP contribution is 2.33. The molecule has 4 aromatic rings. The molecule has 0 bridgehead atoms. The minimum atomic E-state index is -0.343. The molecule has 1 aromatic heterocycles. The number of aromatic nitrogens is 2. The number of amides is 1. The van der Waals surface area contributed by atoms with Gasteiger partial charge in [0.05, 0.1) is 17.6 Å². The number of hydrogen-bond acceptors (Lipinski definition) is 3. The zero-order valence-electron chi connectivity index (χ0n) is 18.6. The number of benzene rings is 3. The normalized spacial score (nSPS) is 16.0. The summed E-state index contributed by atoms with van der Waals surface area (Å²) in [5.74, 6) is 1.40. The molecule has 33 heavy (non-hydrogen) atoms. The predicted molar refractivity (Wildman–Crippen MR) is 127 cm³/mol. The van der Waals surface area contributed by atoms with Crippen LogP contribution in [0.3, 0.4) is 0 Å². The van der Waals surface area contributed by atoms with Crippen molar-refractivity contribution in [3.05, 3.63) is 90.0 Å². The molecule has 168 valence electrons. The van der Waals surface area contributed by atoms with Crippen molar-refractivity contribution in [1.29, 1.82) is 0 Å². The van der Waals surface area contributed by atoms with Crippen molar-refractivity contribution in [2.75, 3.05) is 18.1 Å². The van der Waals surface area contributed by atoms with Crippen molar-refractivity contribution in [3.63, 3.8) is 0 Å². The first-order valence-electron chi connectivity index (χ1n) is 11.3. The molecule has 2 heterocycles. The number of carbonyl (C=O) groups is 1. The van der Waals surface area contributed by atoms with Crippen LogP contribution in [0.1, 0.15) is 30.1 Å². The Morgan fingerprint density at radius 2 is 1.88 bits per heavy atom. The first-order chi connectivity index (χ1) is 16.1. The Labute approximate surface area is 192 Å². The molecule has 1 aliphatic heterocycles. The Hall–Kier alpha value is -3.67. The minimum absolute atomic E-state index is 0.00732. The lowest BCUT2D eigenvalue weighted by Gasteiger charge is -2.17. The number of imidazole rings is 1. The van der Waals surface area contributed by atoms with Crippen LogP contribution in [0.2, 0.25) is 0 Å². The third kappa shape index (κ3) is 4.33. The summed E-state index contributed by atoms with van der Waals surface area (Å²) >= 11 is 0. The molecule has 1 saturated heterocycles. The van der Waals surface area contributed by atoms with Gasteiger partial charge in [0.25, 0.3) is 0 Å². The van der Waals surface area contributed by atoms with E-state index in [0.29, 0.717) is 25.3 Å². The maximum absolute atomic E-state index is 13.7. The van der Waals surface area contributed by atoms with Crippen LogP contribution in [0.15, 0.2) is 72.8 Å². The van der Waals surface area contributed by atoms with Gasteiger partial charge in [-0.15, -0.1) is 0 Å². The van der Waals surface area contributed by atoms with Gasteiger partial charge in [-0.05, 0) is 55.3 Å². The van der Waals surface area contributed by atoms with E-state index in [1.165, 1.54) is 12.1 Å². The topological polar surface area (TPSA) is 47.4 Å². The van der Waals surface area contributed by atoms with Crippen molar-refractivity contribution in [2.24, 2.45) is 0 Å². The molecule has 6 heteroatoms. The Morgan fingerprint density at radius 3 is 2.73 bits per heavy atom. The molecule has 0 N–H and O–H groups in total. The lowest BCUT2D eigenvalue weighted by molar-refractivity contribution is -0.117. The molecule has 0 saturated carbocycles. The van der Waals surface area contributed by atoms with Gasteiger partial charge in [-0.2, -0.15) is 0 Å². The highest BCUT2D eigenvalue weighted by Gasteiger charge is 2.34. The summed E-state index contributed by atoms with van der Waals surface area (Å²) < 4.78 is 21.9. The van der Waals surface area contributed by atoms with Crippen LogP contribution in [0.25, 0.3) is 11.0 Å². The van der Waals surface area contributed by atoms with E-state index in [0.717, 1.165) is 41.1 Å². The van der Waals surface area contributed by atoms with Gasteiger partial charge in [-0.1, -0.05) is 36.4 Å². The summed E-state index contributed by atoms with van der Waals surface area (Å²) in [6.45, 7) is 3.87.